The van der Waals surface area contributed by atoms with Crippen molar-refractivity contribution in [1.29, 1.82) is 0 Å². The second-order valence-electron chi connectivity index (χ2n) is 5.90. The second-order valence-corrected chi connectivity index (χ2v) is 7.50. The fourth-order valence-electron chi connectivity index (χ4n) is 2.04. The van der Waals surface area contributed by atoms with E-state index in [0.717, 1.165) is 6.26 Å². The molecule has 0 N–H and O–H groups in total. The molecule has 2 atom stereocenters. The number of carbonyl (C=O) groups is 1. The van der Waals surface area contributed by atoms with Crippen molar-refractivity contribution >= 4 is 16.2 Å². The normalized spacial score (nSPS) is 25.2. The lowest BCUT2D eigenvalue weighted by molar-refractivity contribution is -0.0106. The summed E-state index contributed by atoms with van der Waals surface area (Å²) in [5.74, 6) is 0. The molecule has 0 bridgehead atoms. The van der Waals surface area contributed by atoms with Crippen LogP contribution in [0.2, 0.25) is 0 Å². The average molecular weight is 293 g/mol. The molecule has 6 nitrogen and oxygen atoms in total. The number of hydrogen-bond donors (Lipinski definition) is 0. The van der Waals surface area contributed by atoms with Gasteiger partial charge in [0.2, 0.25) is 0 Å². The topological polar surface area (TPSA) is 72.9 Å². The molecule has 0 aliphatic carbocycles. The van der Waals surface area contributed by atoms with Gasteiger partial charge >= 0.3 is 6.09 Å². The van der Waals surface area contributed by atoms with E-state index < -0.39 is 27.9 Å². The monoisotopic (exact) mass is 293 g/mol. The number of carbonyl (C=O) groups excluding carboxylic acids is 1. The van der Waals surface area contributed by atoms with Crippen LogP contribution in [0.25, 0.3) is 0 Å². The van der Waals surface area contributed by atoms with Crippen molar-refractivity contribution in [1.82, 2.24) is 4.90 Å². The molecule has 1 rings (SSSR count). The summed E-state index contributed by atoms with van der Waals surface area (Å²) in [6.45, 7) is 7.72. The van der Waals surface area contributed by atoms with Gasteiger partial charge in [0.05, 0.1) is 18.4 Å². The molecule has 112 valence electrons. The van der Waals surface area contributed by atoms with Crippen LogP contribution in [-0.4, -0.2) is 50.0 Å². The van der Waals surface area contributed by atoms with Gasteiger partial charge in [0, 0.05) is 6.54 Å². The summed E-state index contributed by atoms with van der Waals surface area (Å²) >= 11 is 0. The fraction of sp³-hybridized carbons (Fsp3) is 0.917. The molecule has 0 saturated carbocycles. The molecule has 1 amide bonds. The quantitative estimate of drug-likeness (QED) is 0.725. The van der Waals surface area contributed by atoms with Gasteiger partial charge in [-0.15, -0.1) is 0 Å². The van der Waals surface area contributed by atoms with Crippen LogP contribution in [0.5, 0.6) is 0 Å². The fourth-order valence-corrected chi connectivity index (χ4v) is 2.75. The van der Waals surface area contributed by atoms with Gasteiger partial charge in [-0.25, -0.2) is 4.79 Å². The Bertz CT molecular complexity index is 426. The van der Waals surface area contributed by atoms with Gasteiger partial charge in [0.1, 0.15) is 5.60 Å². The Labute approximate surface area is 115 Å². The summed E-state index contributed by atoms with van der Waals surface area (Å²) in [6, 6.07) is -0.321. The minimum absolute atomic E-state index is 0.321. The molecule has 0 aromatic carbocycles. The molecule has 1 unspecified atom stereocenters. The predicted octanol–water partition coefficient (Wildman–Crippen LogP) is 1.75. The molecule has 0 spiro atoms. The third-order valence-electron chi connectivity index (χ3n) is 2.84. The van der Waals surface area contributed by atoms with Crippen molar-refractivity contribution in [2.24, 2.45) is 0 Å². The summed E-state index contributed by atoms with van der Waals surface area (Å²) in [6.07, 6.45) is 1.40. The highest BCUT2D eigenvalue weighted by Crippen LogP contribution is 2.23. The molecule has 1 aliphatic rings. The molecule has 1 saturated heterocycles. The van der Waals surface area contributed by atoms with Crippen molar-refractivity contribution in [3.8, 4) is 0 Å². The summed E-state index contributed by atoms with van der Waals surface area (Å²) in [5, 5.41) is 0. The highest BCUT2D eigenvalue weighted by molar-refractivity contribution is 7.86. The van der Waals surface area contributed by atoms with Crippen LogP contribution in [-0.2, 0) is 19.0 Å². The summed E-state index contributed by atoms with van der Waals surface area (Å²) in [7, 11) is -3.52. The number of ether oxygens (including phenoxy) is 1. The Balaban J connectivity index is 2.73. The van der Waals surface area contributed by atoms with E-state index in [-0.39, 0.29) is 6.04 Å². The van der Waals surface area contributed by atoms with Crippen LogP contribution in [0.4, 0.5) is 4.79 Å². The zero-order chi connectivity index (χ0) is 14.8. The van der Waals surface area contributed by atoms with Gasteiger partial charge in [-0.3, -0.25) is 4.18 Å². The smallest absolute Gasteiger partial charge is 0.410 e. The molecule has 19 heavy (non-hydrogen) atoms. The van der Waals surface area contributed by atoms with Crippen LogP contribution in [0.15, 0.2) is 0 Å². The molecule has 1 heterocycles. The van der Waals surface area contributed by atoms with E-state index in [0.29, 0.717) is 19.4 Å². The largest absolute Gasteiger partial charge is 0.444 e. The Kier molecular flexibility index (Phi) is 4.84. The van der Waals surface area contributed by atoms with Crippen molar-refractivity contribution in [3.05, 3.63) is 0 Å². The van der Waals surface area contributed by atoms with Gasteiger partial charge in [-0.1, -0.05) is 0 Å². The first-order valence-electron chi connectivity index (χ1n) is 6.37. The summed E-state index contributed by atoms with van der Waals surface area (Å²) in [5.41, 5.74) is -0.568. The van der Waals surface area contributed by atoms with Crippen LogP contribution in [0, 0.1) is 0 Å². The van der Waals surface area contributed by atoms with Gasteiger partial charge in [0.25, 0.3) is 10.1 Å². The molecular weight excluding hydrogens is 270 g/mol. The Hall–Kier alpha value is -0.820. The van der Waals surface area contributed by atoms with Gasteiger partial charge in [-0.2, -0.15) is 8.42 Å². The van der Waals surface area contributed by atoms with Crippen molar-refractivity contribution in [3.63, 3.8) is 0 Å². The predicted molar refractivity (Wildman–Crippen MR) is 71.4 cm³/mol. The first kappa shape index (κ1) is 16.2. The molecule has 1 aliphatic heterocycles. The Morgan fingerprint density at radius 2 is 1.89 bits per heavy atom. The van der Waals surface area contributed by atoms with Crippen molar-refractivity contribution in [2.75, 3.05) is 12.8 Å². The molecular formula is C12H23NO5S. The lowest BCUT2D eigenvalue weighted by atomic mass is 10.0. The summed E-state index contributed by atoms with van der Waals surface area (Å²) < 4.78 is 32.7. The van der Waals surface area contributed by atoms with Crippen LogP contribution in [0.3, 0.4) is 0 Å². The zero-order valence-corrected chi connectivity index (χ0v) is 13.0. The van der Waals surface area contributed by atoms with Crippen LogP contribution in [0.1, 0.15) is 40.5 Å². The number of amides is 1. The third kappa shape index (κ3) is 5.36. The number of hydrogen-bond acceptors (Lipinski definition) is 5. The number of likely N-dealkylation sites (tertiary alicyclic amines) is 1. The molecule has 7 heteroatoms. The van der Waals surface area contributed by atoms with Gasteiger partial charge in [0.15, 0.2) is 0 Å². The van der Waals surface area contributed by atoms with Crippen LogP contribution < -0.4 is 0 Å². The maximum absolute atomic E-state index is 12.0. The van der Waals surface area contributed by atoms with E-state index in [4.69, 9.17) is 8.92 Å². The number of piperidine rings is 1. The minimum atomic E-state index is -3.52. The summed E-state index contributed by atoms with van der Waals surface area (Å²) in [4.78, 5) is 13.6. The number of rotatable bonds is 2. The van der Waals surface area contributed by atoms with Crippen molar-refractivity contribution < 1.29 is 22.1 Å². The lowest BCUT2D eigenvalue weighted by Gasteiger charge is -2.38. The van der Waals surface area contributed by atoms with E-state index in [9.17, 15) is 13.2 Å². The van der Waals surface area contributed by atoms with E-state index in [2.05, 4.69) is 0 Å². The van der Waals surface area contributed by atoms with E-state index in [1.807, 2.05) is 0 Å². The first-order valence-corrected chi connectivity index (χ1v) is 8.19. The van der Waals surface area contributed by atoms with Gasteiger partial charge < -0.3 is 9.64 Å². The lowest BCUT2D eigenvalue weighted by Crippen LogP contribution is -2.52. The minimum Gasteiger partial charge on any atom is -0.444 e. The van der Waals surface area contributed by atoms with E-state index in [1.165, 1.54) is 4.90 Å². The highest BCUT2D eigenvalue weighted by Gasteiger charge is 2.35. The van der Waals surface area contributed by atoms with Gasteiger partial charge in [-0.05, 0) is 40.5 Å². The van der Waals surface area contributed by atoms with Crippen LogP contribution >= 0.6 is 0 Å². The molecule has 0 radical (unpaired) electrons. The molecule has 1 fully saturated rings. The van der Waals surface area contributed by atoms with Crippen molar-refractivity contribution in [2.45, 2.75) is 58.3 Å². The zero-order valence-electron chi connectivity index (χ0n) is 12.2. The van der Waals surface area contributed by atoms with E-state index in [1.54, 1.807) is 27.7 Å². The first-order chi connectivity index (χ1) is 8.49. The molecule has 0 aromatic rings. The molecule has 0 aromatic heterocycles. The highest BCUT2D eigenvalue weighted by atomic mass is 32.2. The van der Waals surface area contributed by atoms with E-state index >= 15 is 0 Å². The Morgan fingerprint density at radius 3 is 2.37 bits per heavy atom. The maximum atomic E-state index is 12.0. The SMILES string of the molecule is C[C@H]1C(OS(C)(=O)=O)CCCN1C(=O)OC(C)(C)C. The second kappa shape index (κ2) is 5.66. The average Bonchev–Trinajstić information content (AvgIpc) is 2.16. The standard InChI is InChI=1S/C12H23NO5S/c1-9-10(18-19(5,15)16)7-6-8-13(9)11(14)17-12(2,3)4/h9-10H,6-8H2,1-5H3/t9-,10?/m0/s1. The Morgan fingerprint density at radius 1 is 1.32 bits per heavy atom. The third-order valence-corrected chi connectivity index (χ3v) is 3.44. The maximum Gasteiger partial charge on any atom is 0.410 e. The number of nitrogens with zero attached hydrogens (tertiary/aromatic N) is 1.